The highest BCUT2D eigenvalue weighted by molar-refractivity contribution is 8.09. The van der Waals surface area contributed by atoms with E-state index in [1.54, 1.807) is 0 Å². The Bertz CT molecular complexity index is 2570. The molecule has 2 nitrogen and oxygen atoms in total. The van der Waals surface area contributed by atoms with Crippen LogP contribution in [0, 0.1) is 0 Å². The second-order valence-corrected chi connectivity index (χ2v) is 14.4. The lowest BCUT2D eigenvalue weighted by Crippen LogP contribution is -2.13. The fourth-order valence-electron chi connectivity index (χ4n) is 7.79. The Morgan fingerprint density at radius 1 is 0.404 bits per heavy atom. The van der Waals surface area contributed by atoms with E-state index in [1.807, 2.05) is 11.8 Å². The van der Waals surface area contributed by atoms with Crippen molar-refractivity contribution in [3.8, 4) is 33.4 Å². The molecule has 0 spiro atoms. The number of benzene rings is 8. The Labute approximate surface area is 308 Å². The molecule has 0 bridgehead atoms. The molecule has 1 atom stereocenters. The van der Waals surface area contributed by atoms with Gasteiger partial charge in [0.05, 0.1) is 17.1 Å². The lowest BCUT2D eigenvalue weighted by Gasteiger charge is -2.29. The van der Waals surface area contributed by atoms with Gasteiger partial charge in [-0.05, 0) is 63.2 Å². The van der Waals surface area contributed by atoms with E-state index in [-0.39, 0.29) is 5.37 Å². The monoisotopic (exact) mass is 682 g/mol. The first-order valence-electron chi connectivity index (χ1n) is 17.8. The maximum atomic E-state index is 3.88. The highest BCUT2D eigenvalue weighted by Gasteiger charge is 2.35. The van der Waals surface area contributed by atoms with Gasteiger partial charge in [-0.2, -0.15) is 0 Å². The lowest BCUT2D eigenvalue weighted by atomic mass is 9.97. The van der Waals surface area contributed by atoms with Crippen LogP contribution >= 0.6 is 11.8 Å². The van der Waals surface area contributed by atoms with Gasteiger partial charge in [0.25, 0.3) is 0 Å². The van der Waals surface area contributed by atoms with E-state index in [4.69, 9.17) is 0 Å². The van der Waals surface area contributed by atoms with Crippen LogP contribution < -0.4 is 10.2 Å². The van der Waals surface area contributed by atoms with E-state index in [2.05, 4.69) is 204 Å². The fraction of sp³-hybridized carbons (Fsp3) is 0.0204. The van der Waals surface area contributed by atoms with E-state index in [9.17, 15) is 0 Å². The van der Waals surface area contributed by atoms with Gasteiger partial charge in [-0.1, -0.05) is 182 Å². The highest BCUT2D eigenvalue weighted by Crippen LogP contribution is 2.57. The molecule has 1 heterocycles. The summed E-state index contributed by atoms with van der Waals surface area (Å²) in [5.74, 6) is 0. The molecule has 10 rings (SSSR count). The van der Waals surface area contributed by atoms with Crippen molar-refractivity contribution >= 4 is 50.2 Å². The third-order valence-electron chi connectivity index (χ3n) is 10.3. The molecule has 3 heteroatoms. The molecular weight excluding hydrogens is 649 g/mol. The zero-order chi connectivity index (χ0) is 34.4. The standard InChI is InChI=1S/C49H34N2S/c1-4-13-33(14-5-1)34-23-25-35(26-24-34)36-27-29-39(30-28-36)51(44-22-11-10-19-40(44)37-15-6-2-7-16-37)45-32-31-42-46-41(45)20-12-21-43(46)48-47(42)50-49(52-48)38-17-8-3-9-18-38/h1-32,49-50H. The third-order valence-corrected chi connectivity index (χ3v) is 11.6. The van der Waals surface area contributed by atoms with Gasteiger partial charge < -0.3 is 10.2 Å². The average Bonchev–Trinajstić information content (AvgIpc) is 3.80. The smallest absolute Gasteiger partial charge is 0.103 e. The van der Waals surface area contributed by atoms with Crippen LogP contribution in [0.5, 0.6) is 0 Å². The molecule has 1 aliphatic heterocycles. The van der Waals surface area contributed by atoms with Crippen LogP contribution in [0.25, 0.3) is 54.8 Å². The number of hydrogen-bond donors (Lipinski definition) is 1. The van der Waals surface area contributed by atoms with Crippen molar-refractivity contribution < 1.29 is 0 Å². The van der Waals surface area contributed by atoms with Crippen molar-refractivity contribution in [2.75, 3.05) is 4.90 Å². The Morgan fingerprint density at radius 2 is 0.962 bits per heavy atom. The van der Waals surface area contributed by atoms with Crippen LogP contribution in [-0.2, 0) is 0 Å². The summed E-state index contributed by atoms with van der Waals surface area (Å²) in [5, 5.41) is 6.64. The number of fused-ring (bicyclic) bond motifs is 2. The maximum Gasteiger partial charge on any atom is 0.103 e. The van der Waals surface area contributed by atoms with Gasteiger partial charge in [-0.25, -0.2) is 0 Å². The second kappa shape index (κ2) is 12.8. The van der Waals surface area contributed by atoms with E-state index in [1.165, 1.54) is 71.4 Å². The summed E-state index contributed by atoms with van der Waals surface area (Å²) in [6, 6.07) is 70.2. The molecule has 1 unspecified atom stereocenters. The lowest BCUT2D eigenvalue weighted by molar-refractivity contribution is 0.882. The SMILES string of the molecule is c1ccc(-c2ccc(-c3ccc(N(c4ccccc4-c4ccccc4)c4ccc5c6c(cccc46)C4=C5NC(c5ccccc5)S4)cc3)cc2)cc1. The second-order valence-electron chi connectivity index (χ2n) is 13.3. The van der Waals surface area contributed by atoms with Crippen molar-refractivity contribution in [2.45, 2.75) is 5.37 Å². The van der Waals surface area contributed by atoms with Gasteiger partial charge in [0.2, 0.25) is 0 Å². The molecule has 1 N–H and O–H groups in total. The molecule has 0 fully saturated rings. The third kappa shape index (κ3) is 5.21. The molecule has 246 valence electrons. The predicted octanol–water partition coefficient (Wildman–Crippen LogP) is 13.5. The van der Waals surface area contributed by atoms with Crippen molar-refractivity contribution in [1.82, 2.24) is 5.32 Å². The van der Waals surface area contributed by atoms with Gasteiger partial charge in [-0.15, -0.1) is 0 Å². The topological polar surface area (TPSA) is 15.3 Å². The van der Waals surface area contributed by atoms with Crippen molar-refractivity contribution in [3.05, 3.63) is 211 Å². The van der Waals surface area contributed by atoms with E-state index in [0.29, 0.717) is 0 Å². The molecule has 0 amide bonds. The Kier molecular flexibility index (Phi) is 7.51. The van der Waals surface area contributed by atoms with Crippen molar-refractivity contribution in [2.24, 2.45) is 0 Å². The highest BCUT2D eigenvalue weighted by atomic mass is 32.2. The molecule has 1 aliphatic carbocycles. The minimum Gasteiger partial charge on any atom is -0.368 e. The van der Waals surface area contributed by atoms with E-state index in [0.717, 1.165) is 17.1 Å². The van der Waals surface area contributed by atoms with Crippen LogP contribution in [0.4, 0.5) is 17.1 Å². The molecule has 8 aromatic carbocycles. The van der Waals surface area contributed by atoms with Crippen LogP contribution in [0.15, 0.2) is 194 Å². The fourth-order valence-corrected chi connectivity index (χ4v) is 9.08. The Morgan fingerprint density at radius 3 is 1.65 bits per heavy atom. The number of para-hydroxylation sites is 1. The van der Waals surface area contributed by atoms with Crippen molar-refractivity contribution in [1.29, 1.82) is 0 Å². The quantitative estimate of drug-likeness (QED) is 0.180. The Balaban J connectivity index is 1.08. The summed E-state index contributed by atoms with van der Waals surface area (Å²) in [7, 11) is 0. The minimum absolute atomic E-state index is 0.205. The summed E-state index contributed by atoms with van der Waals surface area (Å²) >= 11 is 1.92. The van der Waals surface area contributed by atoms with Crippen LogP contribution in [0.2, 0.25) is 0 Å². The molecule has 0 radical (unpaired) electrons. The first-order chi connectivity index (χ1) is 25.8. The minimum atomic E-state index is 0.205. The first kappa shape index (κ1) is 30.5. The maximum absolute atomic E-state index is 3.88. The van der Waals surface area contributed by atoms with Crippen LogP contribution in [0.3, 0.4) is 0 Å². The number of anilines is 3. The van der Waals surface area contributed by atoms with Gasteiger partial charge in [0.15, 0.2) is 0 Å². The summed E-state index contributed by atoms with van der Waals surface area (Å²) in [6.45, 7) is 0. The zero-order valence-electron chi connectivity index (χ0n) is 28.4. The Hall–Kier alpha value is -6.29. The number of hydrogen-bond acceptors (Lipinski definition) is 3. The number of nitrogens with zero attached hydrogens (tertiary/aromatic N) is 1. The van der Waals surface area contributed by atoms with E-state index < -0.39 is 0 Å². The molecule has 2 aliphatic rings. The molecule has 0 saturated carbocycles. The summed E-state index contributed by atoms with van der Waals surface area (Å²) < 4.78 is 0. The van der Waals surface area contributed by atoms with Crippen LogP contribution in [0.1, 0.15) is 22.1 Å². The van der Waals surface area contributed by atoms with Crippen LogP contribution in [-0.4, -0.2) is 0 Å². The summed E-state index contributed by atoms with van der Waals surface area (Å²) in [4.78, 5) is 3.79. The zero-order valence-corrected chi connectivity index (χ0v) is 29.2. The molecule has 0 saturated heterocycles. The van der Waals surface area contributed by atoms with Crippen molar-refractivity contribution in [3.63, 3.8) is 0 Å². The van der Waals surface area contributed by atoms with Gasteiger partial charge in [0, 0.05) is 32.5 Å². The van der Waals surface area contributed by atoms with Gasteiger partial charge in [-0.3, -0.25) is 0 Å². The van der Waals surface area contributed by atoms with Gasteiger partial charge in [0.1, 0.15) is 5.37 Å². The van der Waals surface area contributed by atoms with E-state index >= 15 is 0 Å². The largest absolute Gasteiger partial charge is 0.368 e. The summed E-state index contributed by atoms with van der Waals surface area (Å²) in [5.41, 5.74) is 15.8. The molecule has 0 aromatic heterocycles. The molecule has 52 heavy (non-hydrogen) atoms. The number of nitrogens with one attached hydrogen (secondary N) is 1. The average molecular weight is 683 g/mol. The number of thioether (sulfide) groups is 1. The normalized spacial score (nSPS) is 14.3. The molecule has 8 aromatic rings. The summed E-state index contributed by atoms with van der Waals surface area (Å²) in [6.07, 6.45) is 0. The number of rotatable bonds is 7. The van der Waals surface area contributed by atoms with Gasteiger partial charge >= 0.3 is 0 Å². The molecular formula is C49H34N2S. The predicted molar refractivity (Wildman–Crippen MR) is 222 cm³/mol. The first-order valence-corrected chi connectivity index (χ1v) is 18.7.